The third-order valence-electron chi connectivity index (χ3n) is 3.27. The molecule has 3 nitrogen and oxygen atoms in total. The van der Waals surface area contributed by atoms with E-state index in [0.29, 0.717) is 0 Å². The third kappa shape index (κ3) is 1.96. The number of nitrogens with one attached hydrogen (secondary N) is 1. The second-order valence-corrected chi connectivity index (χ2v) is 4.84. The van der Waals surface area contributed by atoms with Crippen LogP contribution in [-0.4, -0.2) is 17.3 Å². The average Bonchev–Trinajstić information content (AvgIpc) is 2.43. The van der Waals surface area contributed by atoms with Gasteiger partial charge in [-0.15, -0.1) is 0 Å². The SMILES string of the molecule is CC(C)=C(C)C1=NC(C)(C(C)C)C(=O)N1. The van der Waals surface area contributed by atoms with Crippen LogP contribution in [0.4, 0.5) is 0 Å². The van der Waals surface area contributed by atoms with E-state index in [1.165, 1.54) is 5.57 Å². The molecule has 3 heteroatoms. The highest BCUT2D eigenvalue weighted by Gasteiger charge is 2.41. The summed E-state index contributed by atoms with van der Waals surface area (Å²) >= 11 is 0. The lowest BCUT2D eigenvalue weighted by atomic mass is 9.89. The van der Waals surface area contributed by atoms with Gasteiger partial charge in [0.1, 0.15) is 11.4 Å². The molecule has 1 rings (SSSR count). The van der Waals surface area contributed by atoms with Crippen molar-refractivity contribution in [3.63, 3.8) is 0 Å². The summed E-state index contributed by atoms with van der Waals surface area (Å²) in [7, 11) is 0. The molecule has 0 aromatic carbocycles. The van der Waals surface area contributed by atoms with E-state index in [1.54, 1.807) is 0 Å². The lowest BCUT2D eigenvalue weighted by molar-refractivity contribution is -0.124. The van der Waals surface area contributed by atoms with Crippen molar-refractivity contribution in [3.05, 3.63) is 11.1 Å². The summed E-state index contributed by atoms with van der Waals surface area (Å²) < 4.78 is 0. The maximum atomic E-state index is 11.8. The van der Waals surface area contributed by atoms with Gasteiger partial charge in [-0.1, -0.05) is 19.4 Å². The average molecular weight is 208 g/mol. The van der Waals surface area contributed by atoms with E-state index in [0.717, 1.165) is 11.4 Å². The van der Waals surface area contributed by atoms with Gasteiger partial charge < -0.3 is 5.32 Å². The minimum Gasteiger partial charge on any atom is -0.309 e. The van der Waals surface area contributed by atoms with Crippen molar-refractivity contribution in [3.8, 4) is 0 Å². The van der Waals surface area contributed by atoms with Gasteiger partial charge in [0.2, 0.25) is 0 Å². The Kier molecular flexibility index (Phi) is 3.03. The molecule has 0 fully saturated rings. The van der Waals surface area contributed by atoms with Crippen LogP contribution < -0.4 is 5.32 Å². The predicted octanol–water partition coefficient (Wildman–Crippen LogP) is 2.29. The lowest BCUT2D eigenvalue weighted by Crippen LogP contribution is -2.41. The molecule has 1 atom stereocenters. The lowest BCUT2D eigenvalue weighted by Gasteiger charge is -2.21. The zero-order valence-electron chi connectivity index (χ0n) is 10.4. The maximum Gasteiger partial charge on any atom is 0.253 e. The summed E-state index contributed by atoms with van der Waals surface area (Å²) in [5.41, 5.74) is 1.64. The molecular weight excluding hydrogens is 188 g/mol. The summed E-state index contributed by atoms with van der Waals surface area (Å²) in [6.45, 7) is 12.0. The Morgan fingerprint density at radius 3 is 2.20 bits per heavy atom. The summed E-state index contributed by atoms with van der Waals surface area (Å²) in [6, 6.07) is 0. The third-order valence-corrected chi connectivity index (χ3v) is 3.27. The van der Waals surface area contributed by atoms with Crippen molar-refractivity contribution in [2.45, 2.75) is 47.1 Å². The molecular formula is C12H20N2O. The zero-order chi connectivity index (χ0) is 11.8. The van der Waals surface area contributed by atoms with Crippen LogP contribution in [0.15, 0.2) is 16.1 Å². The van der Waals surface area contributed by atoms with E-state index in [-0.39, 0.29) is 11.8 Å². The molecule has 1 amide bonds. The van der Waals surface area contributed by atoms with Gasteiger partial charge >= 0.3 is 0 Å². The molecule has 0 spiro atoms. The fourth-order valence-corrected chi connectivity index (χ4v) is 1.35. The van der Waals surface area contributed by atoms with Gasteiger partial charge in [-0.3, -0.25) is 9.79 Å². The molecule has 1 aliphatic rings. The van der Waals surface area contributed by atoms with Gasteiger partial charge in [0.05, 0.1) is 0 Å². The molecule has 0 bridgehead atoms. The summed E-state index contributed by atoms with van der Waals surface area (Å²) in [5, 5.41) is 2.86. The molecule has 15 heavy (non-hydrogen) atoms. The molecule has 0 aliphatic carbocycles. The predicted molar refractivity (Wildman–Crippen MR) is 62.9 cm³/mol. The molecule has 0 saturated heterocycles. The van der Waals surface area contributed by atoms with E-state index in [2.05, 4.69) is 10.3 Å². The van der Waals surface area contributed by atoms with Crippen LogP contribution in [0.1, 0.15) is 41.5 Å². The number of allylic oxidation sites excluding steroid dienone is 1. The smallest absolute Gasteiger partial charge is 0.253 e. The number of hydrogen-bond acceptors (Lipinski definition) is 2. The van der Waals surface area contributed by atoms with Crippen molar-refractivity contribution >= 4 is 11.7 Å². The minimum absolute atomic E-state index is 0.00750. The Hall–Kier alpha value is -1.12. The Morgan fingerprint density at radius 1 is 1.33 bits per heavy atom. The standard InChI is InChI=1S/C12H20N2O/c1-7(2)9(5)10-13-11(15)12(6,14-10)8(3)4/h8H,1-6H3,(H,13,14,15). The topological polar surface area (TPSA) is 41.5 Å². The maximum absolute atomic E-state index is 11.8. The number of amidine groups is 1. The van der Waals surface area contributed by atoms with Gasteiger partial charge in [-0.2, -0.15) is 0 Å². The number of aliphatic imine (C=N–C) groups is 1. The Labute approximate surface area is 91.7 Å². The zero-order valence-corrected chi connectivity index (χ0v) is 10.4. The van der Waals surface area contributed by atoms with Gasteiger partial charge in [0.25, 0.3) is 5.91 Å². The van der Waals surface area contributed by atoms with Crippen molar-refractivity contribution < 1.29 is 4.79 Å². The number of amides is 1. The fourth-order valence-electron chi connectivity index (χ4n) is 1.35. The number of carbonyl (C=O) groups is 1. The summed E-state index contributed by atoms with van der Waals surface area (Å²) in [4.78, 5) is 16.3. The number of hydrogen-bond donors (Lipinski definition) is 1. The second kappa shape index (κ2) is 3.80. The highest BCUT2D eigenvalue weighted by Crippen LogP contribution is 2.27. The van der Waals surface area contributed by atoms with Crippen LogP contribution in [0, 0.1) is 5.92 Å². The van der Waals surface area contributed by atoms with Crippen molar-refractivity contribution in [1.82, 2.24) is 5.32 Å². The van der Waals surface area contributed by atoms with Crippen LogP contribution in [0.5, 0.6) is 0 Å². The van der Waals surface area contributed by atoms with E-state index in [4.69, 9.17) is 0 Å². The first-order valence-corrected chi connectivity index (χ1v) is 5.34. The number of carbonyl (C=O) groups excluding carboxylic acids is 1. The van der Waals surface area contributed by atoms with E-state index >= 15 is 0 Å². The quantitative estimate of drug-likeness (QED) is 0.743. The van der Waals surface area contributed by atoms with Crippen LogP contribution in [0.2, 0.25) is 0 Å². The first-order valence-electron chi connectivity index (χ1n) is 5.34. The van der Waals surface area contributed by atoms with E-state index < -0.39 is 5.54 Å². The van der Waals surface area contributed by atoms with E-state index in [1.807, 2.05) is 41.5 Å². The van der Waals surface area contributed by atoms with Crippen LogP contribution in [-0.2, 0) is 4.79 Å². The highest BCUT2D eigenvalue weighted by atomic mass is 16.2. The fraction of sp³-hybridized carbons (Fsp3) is 0.667. The van der Waals surface area contributed by atoms with Crippen molar-refractivity contribution in [2.24, 2.45) is 10.9 Å². The molecule has 1 aliphatic heterocycles. The van der Waals surface area contributed by atoms with Gasteiger partial charge in [0, 0.05) is 0 Å². The van der Waals surface area contributed by atoms with E-state index in [9.17, 15) is 4.79 Å². The molecule has 0 radical (unpaired) electrons. The first-order chi connectivity index (χ1) is 6.79. The second-order valence-electron chi connectivity index (χ2n) is 4.84. The van der Waals surface area contributed by atoms with Crippen LogP contribution >= 0.6 is 0 Å². The molecule has 0 aromatic heterocycles. The Balaban J connectivity index is 3.10. The van der Waals surface area contributed by atoms with Gasteiger partial charge in [0.15, 0.2) is 0 Å². The highest BCUT2D eigenvalue weighted by molar-refractivity contribution is 6.15. The Morgan fingerprint density at radius 2 is 1.87 bits per heavy atom. The van der Waals surface area contributed by atoms with Crippen LogP contribution in [0.3, 0.4) is 0 Å². The molecule has 1 heterocycles. The first kappa shape index (κ1) is 12.0. The summed E-state index contributed by atoms with van der Waals surface area (Å²) in [5.74, 6) is 0.948. The largest absolute Gasteiger partial charge is 0.309 e. The number of rotatable bonds is 2. The van der Waals surface area contributed by atoms with Crippen molar-refractivity contribution in [2.75, 3.05) is 0 Å². The minimum atomic E-state index is -0.605. The van der Waals surface area contributed by atoms with Gasteiger partial charge in [-0.25, -0.2) is 0 Å². The monoisotopic (exact) mass is 208 g/mol. The normalized spacial score (nSPS) is 25.3. The summed E-state index contributed by atoms with van der Waals surface area (Å²) in [6.07, 6.45) is 0. The van der Waals surface area contributed by atoms with Crippen LogP contribution in [0.25, 0.3) is 0 Å². The van der Waals surface area contributed by atoms with Crippen molar-refractivity contribution in [1.29, 1.82) is 0 Å². The molecule has 1 unspecified atom stereocenters. The van der Waals surface area contributed by atoms with Gasteiger partial charge in [-0.05, 0) is 39.2 Å². The Bertz CT molecular complexity index is 349. The molecule has 84 valence electrons. The molecule has 0 saturated carbocycles. The molecule has 0 aromatic rings. The number of nitrogens with zero attached hydrogens (tertiary/aromatic N) is 1. The molecule has 1 N–H and O–H groups in total.